The van der Waals surface area contributed by atoms with Gasteiger partial charge >= 0.3 is 0 Å². The van der Waals surface area contributed by atoms with E-state index in [1.807, 2.05) is 37.1 Å². The molecule has 1 unspecified atom stereocenters. The van der Waals surface area contributed by atoms with Crippen molar-refractivity contribution >= 4 is 28.8 Å². The normalized spacial score (nSPS) is 21.9. The predicted octanol–water partition coefficient (Wildman–Crippen LogP) is 4.87. The van der Waals surface area contributed by atoms with Crippen molar-refractivity contribution in [3.8, 4) is 0 Å². The minimum Gasteiger partial charge on any atom is -0.324 e. The van der Waals surface area contributed by atoms with E-state index >= 15 is 0 Å². The molecule has 0 radical (unpaired) electrons. The zero-order valence-electron chi connectivity index (χ0n) is 22.9. The van der Waals surface area contributed by atoms with Gasteiger partial charge in [0, 0.05) is 30.9 Å². The Morgan fingerprint density at radius 2 is 1.97 bits per heavy atom. The minimum atomic E-state index is -0.123. The molecule has 0 saturated carbocycles. The third-order valence-corrected chi connectivity index (χ3v) is 7.89. The first-order valence-corrected chi connectivity index (χ1v) is 13.7. The number of aryl methyl sites for hydroxylation is 2. The van der Waals surface area contributed by atoms with E-state index in [4.69, 9.17) is 0 Å². The second-order valence-electron chi connectivity index (χ2n) is 11.2. The van der Waals surface area contributed by atoms with Crippen molar-refractivity contribution in [3.05, 3.63) is 64.8 Å². The Morgan fingerprint density at radius 1 is 1.13 bits per heavy atom. The molecule has 2 atom stereocenters. The highest BCUT2D eigenvalue weighted by Crippen LogP contribution is 2.39. The lowest BCUT2D eigenvalue weighted by atomic mass is 9.78. The number of carbonyl (C=O) groups is 2. The molecule has 200 valence electrons. The van der Waals surface area contributed by atoms with Gasteiger partial charge in [-0.1, -0.05) is 25.5 Å². The minimum absolute atomic E-state index is 0.0568. The zero-order valence-corrected chi connectivity index (χ0v) is 22.9. The van der Waals surface area contributed by atoms with Crippen LogP contribution in [0.15, 0.2) is 53.5 Å². The molecule has 1 saturated heterocycles. The molecule has 8 heteroatoms. The number of piperidine rings is 1. The third-order valence-electron chi connectivity index (χ3n) is 7.89. The second kappa shape index (κ2) is 11.1. The summed E-state index contributed by atoms with van der Waals surface area (Å²) >= 11 is 0. The van der Waals surface area contributed by atoms with Crippen LogP contribution >= 0.6 is 0 Å². The van der Waals surface area contributed by atoms with Gasteiger partial charge in [0.2, 0.25) is 5.91 Å². The van der Waals surface area contributed by atoms with E-state index in [-0.39, 0.29) is 17.7 Å². The summed E-state index contributed by atoms with van der Waals surface area (Å²) in [4.78, 5) is 32.7. The Morgan fingerprint density at radius 3 is 2.74 bits per heavy atom. The van der Waals surface area contributed by atoms with Crippen LogP contribution in [0.3, 0.4) is 0 Å². The van der Waals surface area contributed by atoms with Crippen molar-refractivity contribution in [3.63, 3.8) is 0 Å². The van der Waals surface area contributed by atoms with Gasteiger partial charge in [-0.3, -0.25) is 24.2 Å². The van der Waals surface area contributed by atoms with Gasteiger partial charge in [-0.05, 0) is 80.7 Å². The summed E-state index contributed by atoms with van der Waals surface area (Å²) in [5.41, 5.74) is 7.61. The number of nitrogens with one attached hydrogen (secondary N) is 2. The van der Waals surface area contributed by atoms with Crippen LogP contribution in [0.25, 0.3) is 5.57 Å². The van der Waals surface area contributed by atoms with E-state index in [0.29, 0.717) is 29.5 Å². The number of hydrogen-bond acceptors (Lipinski definition) is 5. The van der Waals surface area contributed by atoms with Gasteiger partial charge in [-0.25, -0.2) is 0 Å². The average Bonchev–Trinajstić information content (AvgIpc) is 3.31. The first-order chi connectivity index (χ1) is 18.2. The number of rotatable bonds is 6. The average molecular weight is 515 g/mol. The van der Waals surface area contributed by atoms with Crippen molar-refractivity contribution in [2.75, 3.05) is 30.3 Å². The summed E-state index contributed by atoms with van der Waals surface area (Å²) in [6, 6.07) is 1.80. The molecule has 3 aliphatic rings. The van der Waals surface area contributed by atoms with Crippen molar-refractivity contribution in [2.24, 2.45) is 18.9 Å². The highest BCUT2D eigenvalue weighted by molar-refractivity contribution is 6.05. The van der Waals surface area contributed by atoms with Crippen LogP contribution in [0.2, 0.25) is 0 Å². The molecule has 2 aromatic rings. The number of carbonyl (C=O) groups excluding carboxylic acids is 2. The summed E-state index contributed by atoms with van der Waals surface area (Å²) in [7, 11) is 1.93. The number of pyridine rings is 1. The first kappa shape index (κ1) is 26.1. The second-order valence-corrected chi connectivity index (χ2v) is 11.2. The van der Waals surface area contributed by atoms with E-state index in [2.05, 4.69) is 45.5 Å². The maximum atomic E-state index is 13.4. The van der Waals surface area contributed by atoms with Crippen LogP contribution in [0.4, 0.5) is 11.4 Å². The molecule has 2 aliphatic carbocycles. The number of amides is 2. The molecule has 0 aromatic carbocycles. The van der Waals surface area contributed by atoms with Gasteiger partial charge in [-0.15, -0.1) is 0 Å². The van der Waals surface area contributed by atoms with E-state index < -0.39 is 0 Å². The quantitative estimate of drug-likeness (QED) is 0.574. The van der Waals surface area contributed by atoms with Crippen LogP contribution < -0.4 is 10.6 Å². The van der Waals surface area contributed by atoms with Gasteiger partial charge in [0.1, 0.15) is 0 Å². The van der Waals surface area contributed by atoms with E-state index in [1.165, 1.54) is 17.6 Å². The molecular formula is C30H38N6O2. The molecule has 2 amide bonds. The number of anilines is 2. The Labute approximate surface area is 224 Å². The molecule has 2 aromatic heterocycles. The van der Waals surface area contributed by atoms with Crippen LogP contribution in [0.5, 0.6) is 0 Å². The molecule has 38 heavy (non-hydrogen) atoms. The summed E-state index contributed by atoms with van der Waals surface area (Å²) in [5.74, 6) is 0.569. The molecule has 1 aliphatic heterocycles. The van der Waals surface area contributed by atoms with Crippen molar-refractivity contribution in [1.29, 1.82) is 0 Å². The number of hydrogen-bond donors (Lipinski definition) is 2. The maximum Gasteiger partial charge on any atom is 0.251 e. The molecule has 0 spiro atoms. The summed E-state index contributed by atoms with van der Waals surface area (Å²) in [5, 5.41) is 10.3. The summed E-state index contributed by atoms with van der Waals surface area (Å²) < 4.78 is 1.82. The Kier molecular flexibility index (Phi) is 7.61. The van der Waals surface area contributed by atoms with Gasteiger partial charge in [0.05, 0.1) is 36.0 Å². The van der Waals surface area contributed by atoms with Gasteiger partial charge in [0.15, 0.2) is 0 Å². The van der Waals surface area contributed by atoms with Crippen molar-refractivity contribution in [2.45, 2.75) is 52.9 Å². The number of nitrogens with zero attached hydrogens (tertiary/aromatic N) is 4. The number of allylic oxidation sites excluding steroid dienone is 5. The predicted molar refractivity (Wildman–Crippen MR) is 150 cm³/mol. The zero-order chi connectivity index (χ0) is 26.8. The highest BCUT2D eigenvalue weighted by Gasteiger charge is 2.27. The SMILES string of the molecule is Cc1ncc(NC(=O)CN2CCC[C@H](C)C2)cc1NC(=O)C1=CC2=C(CCC(c3cnn(C)c3)=C2)CC1C. The van der Waals surface area contributed by atoms with Crippen LogP contribution in [0, 0.1) is 18.8 Å². The lowest BCUT2D eigenvalue weighted by Gasteiger charge is -2.30. The molecule has 5 rings (SSSR count). The van der Waals surface area contributed by atoms with Gasteiger partial charge < -0.3 is 10.6 Å². The lowest BCUT2D eigenvalue weighted by Crippen LogP contribution is -2.39. The maximum absolute atomic E-state index is 13.4. The van der Waals surface area contributed by atoms with Crippen LogP contribution in [0.1, 0.15) is 57.2 Å². The molecule has 1 fully saturated rings. The summed E-state index contributed by atoms with van der Waals surface area (Å²) in [6.45, 7) is 8.47. The van der Waals surface area contributed by atoms with E-state index in [1.54, 1.807) is 12.3 Å². The first-order valence-electron chi connectivity index (χ1n) is 13.7. The molecule has 3 heterocycles. The molecule has 8 nitrogen and oxygen atoms in total. The number of likely N-dealkylation sites (tertiary alicyclic amines) is 1. The number of aromatic nitrogens is 3. The fraction of sp³-hybridized carbons (Fsp3) is 0.467. The Balaban J connectivity index is 1.28. The highest BCUT2D eigenvalue weighted by atomic mass is 16.2. The van der Waals surface area contributed by atoms with Crippen molar-refractivity contribution in [1.82, 2.24) is 19.7 Å². The monoisotopic (exact) mass is 514 g/mol. The fourth-order valence-electron chi connectivity index (χ4n) is 5.81. The standard InChI is InChI=1S/C30H38N6O2/c1-19-6-5-9-36(16-19)18-29(37)33-26-13-28(21(3)31-15-26)34-30(38)27-12-24-11-23(25-14-32-35(4)17-25)8-7-22(24)10-20(27)2/h11-15,17,19-20H,5-10,16,18H2,1-4H3,(H,33,37)(H,34,38)/t19-,20?/m0/s1. The third kappa shape index (κ3) is 5.96. The molecule has 2 N–H and O–H groups in total. The Hall–Kier alpha value is -3.52. The molecular weight excluding hydrogens is 476 g/mol. The summed E-state index contributed by atoms with van der Waals surface area (Å²) in [6.07, 6.45) is 15.1. The van der Waals surface area contributed by atoms with Crippen LogP contribution in [-0.4, -0.2) is 51.1 Å². The topological polar surface area (TPSA) is 92.2 Å². The van der Waals surface area contributed by atoms with E-state index in [0.717, 1.165) is 55.5 Å². The fourth-order valence-corrected chi connectivity index (χ4v) is 5.81. The van der Waals surface area contributed by atoms with Crippen LogP contribution in [-0.2, 0) is 16.6 Å². The smallest absolute Gasteiger partial charge is 0.251 e. The van der Waals surface area contributed by atoms with Gasteiger partial charge in [0.25, 0.3) is 5.91 Å². The van der Waals surface area contributed by atoms with Gasteiger partial charge in [-0.2, -0.15) is 5.10 Å². The lowest BCUT2D eigenvalue weighted by molar-refractivity contribution is -0.117. The van der Waals surface area contributed by atoms with E-state index in [9.17, 15) is 9.59 Å². The van der Waals surface area contributed by atoms with Crippen molar-refractivity contribution < 1.29 is 9.59 Å². The largest absolute Gasteiger partial charge is 0.324 e. The Bertz CT molecular complexity index is 1330. The molecule has 0 bridgehead atoms.